The molecule has 9 nitrogen and oxygen atoms in total. The SMILES string of the molecule is Cl.O=C1CNC(=O)N1Cc1cccc(NC(=O)C2(n3cccn3)CCNCC2)c1. The molecule has 0 spiro atoms. The van der Waals surface area contributed by atoms with Crippen LogP contribution in [-0.4, -0.2) is 52.2 Å². The predicted octanol–water partition coefficient (Wildman–Crippen LogP) is 1.07. The first-order valence-corrected chi connectivity index (χ1v) is 9.28. The van der Waals surface area contributed by atoms with Crippen LogP contribution in [-0.2, 0) is 21.7 Å². The number of benzene rings is 1. The van der Waals surface area contributed by atoms with Gasteiger partial charge in [-0.2, -0.15) is 5.10 Å². The van der Waals surface area contributed by atoms with Crippen LogP contribution in [0.15, 0.2) is 42.7 Å². The van der Waals surface area contributed by atoms with Crippen molar-refractivity contribution < 1.29 is 14.4 Å². The van der Waals surface area contributed by atoms with Crippen molar-refractivity contribution in [1.82, 2.24) is 25.3 Å². The van der Waals surface area contributed by atoms with Crippen LogP contribution in [0.3, 0.4) is 0 Å². The number of piperidine rings is 1. The summed E-state index contributed by atoms with van der Waals surface area (Å²) in [4.78, 5) is 37.9. The highest BCUT2D eigenvalue weighted by atomic mass is 35.5. The lowest BCUT2D eigenvalue weighted by atomic mass is 9.87. The van der Waals surface area contributed by atoms with Crippen molar-refractivity contribution in [1.29, 1.82) is 0 Å². The van der Waals surface area contributed by atoms with Gasteiger partial charge in [-0.3, -0.25) is 19.2 Å². The molecule has 3 heterocycles. The number of aromatic nitrogens is 2. The third-order valence-electron chi connectivity index (χ3n) is 5.26. The van der Waals surface area contributed by atoms with Gasteiger partial charge in [0.15, 0.2) is 0 Å². The molecule has 0 unspecified atom stereocenters. The average Bonchev–Trinajstić information content (AvgIpc) is 3.35. The van der Waals surface area contributed by atoms with E-state index in [1.165, 1.54) is 4.90 Å². The molecule has 2 aromatic rings. The monoisotopic (exact) mass is 418 g/mol. The molecule has 2 aliphatic heterocycles. The smallest absolute Gasteiger partial charge is 0.324 e. The average molecular weight is 419 g/mol. The fourth-order valence-electron chi connectivity index (χ4n) is 3.72. The molecule has 0 radical (unpaired) electrons. The quantitative estimate of drug-likeness (QED) is 0.629. The summed E-state index contributed by atoms with van der Waals surface area (Å²) in [6, 6.07) is 8.62. The Bertz CT molecular complexity index is 879. The number of hydrogen-bond acceptors (Lipinski definition) is 5. The van der Waals surface area contributed by atoms with Crippen LogP contribution in [0.4, 0.5) is 10.5 Å². The van der Waals surface area contributed by atoms with E-state index in [9.17, 15) is 14.4 Å². The number of nitrogens with one attached hydrogen (secondary N) is 3. The van der Waals surface area contributed by atoms with E-state index in [0.29, 0.717) is 18.5 Å². The molecule has 0 atom stereocenters. The second-order valence-electron chi connectivity index (χ2n) is 7.03. The van der Waals surface area contributed by atoms with Gasteiger partial charge in [0, 0.05) is 18.1 Å². The lowest BCUT2D eigenvalue weighted by molar-refractivity contribution is -0.126. The Kier molecular flexibility index (Phi) is 6.19. The third-order valence-corrected chi connectivity index (χ3v) is 5.26. The molecule has 2 saturated heterocycles. The summed E-state index contributed by atoms with van der Waals surface area (Å²) >= 11 is 0. The summed E-state index contributed by atoms with van der Waals surface area (Å²) in [5, 5.41) is 13.1. The molecule has 2 aliphatic rings. The predicted molar refractivity (Wildman–Crippen MR) is 109 cm³/mol. The van der Waals surface area contributed by atoms with Gasteiger partial charge in [0.05, 0.1) is 13.1 Å². The summed E-state index contributed by atoms with van der Waals surface area (Å²) in [6.07, 6.45) is 4.78. The summed E-state index contributed by atoms with van der Waals surface area (Å²) in [7, 11) is 0. The van der Waals surface area contributed by atoms with Crippen LogP contribution < -0.4 is 16.0 Å². The number of hydrogen-bond donors (Lipinski definition) is 3. The van der Waals surface area contributed by atoms with Crippen LogP contribution in [0.1, 0.15) is 18.4 Å². The van der Waals surface area contributed by atoms with E-state index >= 15 is 0 Å². The number of amides is 4. The zero-order valence-electron chi connectivity index (χ0n) is 15.8. The van der Waals surface area contributed by atoms with E-state index in [0.717, 1.165) is 18.7 Å². The number of urea groups is 1. The van der Waals surface area contributed by atoms with Crippen molar-refractivity contribution in [3.05, 3.63) is 48.3 Å². The molecular weight excluding hydrogens is 396 g/mol. The number of carbonyl (C=O) groups excluding carboxylic acids is 3. The maximum absolute atomic E-state index is 13.2. The summed E-state index contributed by atoms with van der Waals surface area (Å²) < 4.78 is 1.74. The van der Waals surface area contributed by atoms with Crippen molar-refractivity contribution in [3.8, 4) is 0 Å². The minimum atomic E-state index is -0.741. The highest BCUT2D eigenvalue weighted by molar-refractivity contribution is 6.02. The fraction of sp³-hybridized carbons (Fsp3) is 0.368. The lowest BCUT2D eigenvalue weighted by Gasteiger charge is -2.36. The number of carbonyl (C=O) groups is 3. The molecule has 0 bridgehead atoms. The molecule has 29 heavy (non-hydrogen) atoms. The van der Waals surface area contributed by atoms with Gasteiger partial charge in [-0.1, -0.05) is 12.1 Å². The molecule has 1 aromatic heterocycles. The number of halogens is 1. The number of anilines is 1. The highest BCUT2D eigenvalue weighted by Gasteiger charge is 2.42. The molecule has 3 N–H and O–H groups in total. The number of imide groups is 1. The minimum absolute atomic E-state index is 0. The van der Waals surface area contributed by atoms with Crippen LogP contribution >= 0.6 is 12.4 Å². The van der Waals surface area contributed by atoms with Crippen molar-refractivity contribution in [2.75, 3.05) is 25.0 Å². The molecule has 10 heteroatoms. The second kappa shape index (κ2) is 8.62. The molecule has 4 rings (SSSR count). The zero-order valence-corrected chi connectivity index (χ0v) is 16.6. The minimum Gasteiger partial charge on any atom is -0.329 e. The van der Waals surface area contributed by atoms with Gasteiger partial charge in [-0.05, 0) is 49.7 Å². The topological polar surface area (TPSA) is 108 Å². The summed E-state index contributed by atoms with van der Waals surface area (Å²) in [6.45, 7) is 1.66. The first-order valence-electron chi connectivity index (χ1n) is 9.28. The van der Waals surface area contributed by atoms with E-state index in [1.807, 2.05) is 18.3 Å². The summed E-state index contributed by atoms with van der Waals surface area (Å²) in [5.41, 5.74) is 0.650. The first-order chi connectivity index (χ1) is 13.6. The summed E-state index contributed by atoms with van der Waals surface area (Å²) in [5.74, 6) is -0.378. The Balaban J connectivity index is 0.00000240. The number of nitrogens with zero attached hydrogens (tertiary/aromatic N) is 3. The van der Waals surface area contributed by atoms with Crippen molar-refractivity contribution in [2.45, 2.75) is 24.9 Å². The van der Waals surface area contributed by atoms with Gasteiger partial charge < -0.3 is 16.0 Å². The highest BCUT2D eigenvalue weighted by Crippen LogP contribution is 2.29. The van der Waals surface area contributed by atoms with Gasteiger partial charge in [0.1, 0.15) is 5.54 Å². The Hall–Kier alpha value is -2.91. The van der Waals surface area contributed by atoms with Crippen molar-refractivity contribution in [3.63, 3.8) is 0 Å². The standard InChI is InChI=1S/C19H22N6O3.ClH/c26-16-12-21-18(28)24(16)13-14-3-1-4-15(11-14)23-17(27)19(5-8-20-9-6-19)25-10-2-7-22-25;/h1-4,7,10-11,20H,5-6,8-9,12-13H2,(H,21,28)(H,23,27);1H. The van der Waals surface area contributed by atoms with Crippen molar-refractivity contribution in [2.24, 2.45) is 0 Å². The van der Waals surface area contributed by atoms with Crippen LogP contribution in [0.25, 0.3) is 0 Å². The van der Waals surface area contributed by atoms with E-state index in [-0.39, 0.29) is 37.3 Å². The molecule has 0 saturated carbocycles. The molecule has 1 aromatic carbocycles. The van der Waals surface area contributed by atoms with Crippen LogP contribution in [0.5, 0.6) is 0 Å². The molecule has 4 amide bonds. The van der Waals surface area contributed by atoms with E-state index in [4.69, 9.17) is 0 Å². The van der Waals surface area contributed by atoms with Crippen molar-refractivity contribution >= 4 is 35.9 Å². The maximum atomic E-state index is 13.2. The van der Waals surface area contributed by atoms with Crippen LogP contribution in [0, 0.1) is 0 Å². The van der Waals surface area contributed by atoms with E-state index < -0.39 is 11.6 Å². The van der Waals surface area contributed by atoms with Gasteiger partial charge in [0.25, 0.3) is 5.91 Å². The number of rotatable bonds is 5. The fourth-order valence-corrected chi connectivity index (χ4v) is 3.72. The third kappa shape index (κ3) is 4.10. The normalized spacial score (nSPS) is 18.1. The molecule has 2 fully saturated rings. The Morgan fingerprint density at radius 2 is 2.00 bits per heavy atom. The van der Waals surface area contributed by atoms with E-state index in [2.05, 4.69) is 21.0 Å². The molecule has 154 valence electrons. The van der Waals surface area contributed by atoms with Gasteiger partial charge in [-0.15, -0.1) is 12.4 Å². The molecule has 0 aliphatic carbocycles. The van der Waals surface area contributed by atoms with Gasteiger partial charge in [-0.25, -0.2) is 4.79 Å². The zero-order chi connectivity index (χ0) is 19.6. The largest absolute Gasteiger partial charge is 0.329 e. The Morgan fingerprint density at radius 3 is 2.66 bits per heavy atom. The Labute approximate surface area is 174 Å². The van der Waals surface area contributed by atoms with Gasteiger partial charge in [0.2, 0.25) is 5.91 Å². The second-order valence-corrected chi connectivity index (χ2v) is 7.03. The maximum Gasteiger partial charge on any atom is 0.324 e. The van der Waals surface area contributed by atoms with Crippen LogP contribution in [0.2, 0.25) is 0 Å². The first kappa shape index (κ1) is 20.8. The molecular formula is C19H23ClN6O3. The lowest BCUT2D eigenvalue weighted by Crippen LogP contribution is -2.52. The Morgan fingerprint density at radius 1 is 1.21 bits per heavy atom. The van der Waals surface area contributed by atoms with E-state index in [1.54, 1.807) is 29.1 Å². The van der Waals surface area contributed by atoms with Gasteiger partial charge >= 0.3 is 6.03 Å².